The highest BCUT2D eigenvalue weighted by Gasteiger charge is 2.11. The molecule has 0 N–H and O–H groups in total. The summed E-state index contributed by atoms with van der Waals surface area (Å²) in [5, 5.41) is 0. The maximum atomic E-state index is 4.35. The quantitative estimate of drug-likeness (QED) is 0.752. The molecule has 2 nitrogen and oxygen atoms in total. The Kier molecular flexibility index (Phi) is 3.60. The number of piperidine rings is 1. The highest BCUT2D eigenvalue weighted by Crippen LogP contribution is 2.22. The highest BCUT2D eigenvalue weighted by atomic mass is 15.1. The zero-order valence-corrected chi connectivity index (χ0v) is 10.2. The van der Waals surface area contributed by atoms with Gasteiger partial charge in [0.2, 0.25) is 0 Å². The van der Waals surface area contributed by atoms with E-state index in [1.54, 1.807) is 0 Å². The van der Waals surface area contributed by atoms with Crippen LogP contribution in [0.2, 0.25) is 0 Å². The van der Waals surface area contributed by atoms with Crippen LogP contribution in [0.3, 0.4) is 0 Å². The first-order valence-corrected chi connectivity index (χ1v) is 6.14. The smallest absolute Gasteiger partial charge is 0.0558 e. The average molecular weight is 216 g/mol. The van der Waals surface area contributed by atoms with Gasteiger partial charge in [-0.25, -0.2) is 0 Å². The normalized spacial score (nSPS) is 17.6. The van der Waals surface area contributed by atoms with Crippen LogP contribution in [0.15, 0.2) is 24.5 Å². The van der Waals surface area contributed by atoms with Gasteiger partial charge in [0, 0.05) is 19.3 Å². The second-order valence-corrected chi connectivity index (χ2v) is 4.45. The predicted octanol–water partition coefficient (Wildman–Crippen LogP) is 3.50. The monoisotopic (exact) mass is 216 g/mol. The number of pyridine rings is 1. The topological polar surface area (TPSA) is 16.1 Å². The van der Waals surface area contributed by atoms with Crippen LogP contribution >= 0.6 is 0 Å². The largest absolute Gasteiger partial charge is 0.370 e. The van der Waals surface area contributed by atoms with Crippen molar-refractivity contribution in [2.75, 3.05) is 18.0 Å². The Bertz CT molecular complexity index is 376. The van der Waals surface area contributed by atoms with Gasteiger partial charge in [-0.3, -0.25) is 4.98 Å². The molecule has 0 amide bonds. The van der Waals surface area contributed by atoms with Gasteiger partial charge in [-0.1, -0.05) is 6.08 Å². The van der Waals surface area contributed by atoms with Crippen LogP contribution in [0.4, 0.5) is 5.69 Å². The first kappa shape index (κ1) is 11.2. The SMILES string of the molecule is C/C=C(\C)c1cncc(N2CCCCC2)c1. The van der Waals surface area contributed by atoms with Crippen molar-refractivity contribution in [3.05, 3.63) is 30.1 Å². The Labute approximate surface area is 98.0 Å². The van der Waals surface area contributed by atoms with Crippen LogP contribution < -0.4 is 4.90 Å². The molecule has 2 heterocycles. The molecule has 2 heteroatoms. The first-order valence-electron chi connectivity index (χ1n) is 6.14. The number of rotatable bonds is 2. The highest BCUT2D eigenvalue weighted by molar-refractivity contribution is 5.66. The van der Waals surface area contributed by atoms with Gasteiger partial charge < -0.3 is 4.90 Å². The van der Waals surface area contributed by atoms with E-state index in [4.69, 9.17) is 0 Å². The molecule has 0 aliphatic carbocycles. The third-order valence-corrected chi connectivity index (χ3v) is 3.33. The zero-order chi connectivity index (χ0) is 11.4. The summed E-state index contributed by atoms with van der Waals surface area (Å²) in [4.78, 5) is 6.79. The van der Waals surface area contributed by atoms with Gasteiger partial charge in [0.1, 0.15) is 0 Å². The Morgan fingerprint density at radius 1 is 1.25 bits per heavy atom. The van der Waals surface area contributed by atoms with Gasteiger partial charge in [-0.2, -0.15) is 0 Å². The number of hydrogen-bond acceptors (Lipinski definition) is 2. The van der Waals surface area contributed by atoms with Crippen molar-refractivity contribution in [2.45, 2.75) is 33.1 Å². The summed E-state index contributed by atoms with van der Waals surface area (Å²) in [6.45, 7) is 6.57. The third-order valence-electron chi connectivity index (χ3n) is 3.33. The molecule has 0 unspecified atom stereocenters. The summed E-state index contributed by atoms with van der Waals surface area (Å²) >= 11 is 0. The molecule has 0 bridgehead atoms. The molecule has 0 spiro atoms. The van der Waals surface area contributed by atoms with Gasteiger partial charge in [-0.05, 0) is 50.3 Å². The standard InChI is InChI=1S/C14H20N2/c1-3-12(2)13-9-14(11-15-10-13)16-7-5-4-6-8-16/h3,9-11H,4-8H2,1-2H3/b12-3+. The van der Waals surface area contributed by atoms with Crippen LogP contribution in [-0.2, 0) is 0 Å². The molecule has 2 rings (SSSR count). The van der Waals surface area contributed by atoms with Gasteiger partial charge in [0.15, 0.2) is 0 Å². The summed E-state index contributed by atoms with van der Waals surface area (Å²) in [6, 6.07) is 2.26. The van der Waals surface area contributed by atoms with Crippen LogP contribution in [0, 0.1) is 0 Å². The van der Waals surface area contributed by atoms with Gasteiger partial charge in [0.05, 0.1) is 11.9 Å². The predicted molar refractivity (Wildman–Crippen MR) is 69.6 cm³/mol. The minimum Gasteiger partial charge on any atom is -0.370 e. The number of anilines is 1. The lowest BCUT2D eigenvalue weighted by Gasteiger charge is -2.28. The fourth-order valence-electron chi connectivity index (χ4n) is 2.14. The van der Waals surface area contributed by atoms with Gasteiger partial charge >= 0.3 is 0 Å². The Hall–Kier alpha value is -1.31. The molecular formula is C14H20N2. The van der Waals surface area contributed by atoms with Crippen molar-refractivity contribution in [1.29, 1.82) is 0 Å². The van der Waals surface area contributed by atoms with Crippen molar-refractivity contribution in [3.8, 4) is 0 Å². The average Bonchev–Trinajstić information content (AvgIpc) is 2.39. The van der Waals surface area contributed by atoms with E-state index in [0.717, 1.165) is 0 Å². The van der Waals surface area contributed by atoms with Crippen molar-refractivity contribution in [3.63, 3.8) is 0 Å². The molecular weight excluding hydrogens is 196 g/mol. The summed E-state index contributed by atoms with van der Waals surface area (Å²) < 4.78 is 0. The van der Waals surface area contributed by atoms with E-state index in [-0.39, 0.29) is 0 Å². The van der Waals surface area contributed by atoms with Crippen LogP contribution in [-0.4, -0.2) is 18.1 Å². The number of allylic oxidation sites excluding steroid dienone is 2. The minimum atomic E-state index is 1.18. The molecule has 1 saturated heterocycles. The van der Waals surface area contributed by atoms with Crippen molar-refractivity contribution >= 4 is 11.3 Å². The molecule has 1 aliphatic rings. The fourth-order valence-corrected chi connectivity index (χ4v) is 2.14. The maximum absolute atomic E-state index is 4.35. The maximum Gasteiger partial charge on any atom is 0.0558 e. The second-order valence-electron chi connectivity index (χ2n) is 4.45. The van der Waals surface area contributed by atoms with Crippen molar-refractivity contribution in [1.82, 2.24) is 4.98 Å². The number of aromatic nitrogens is 1. The Morgan fingerprint density at radius 2 is 2.00 bits per heavy atom. The molecule has 16 heavy (non-hydrogen) atoms. The first-order chi connectivity index (χ1) is 7.81. The molecule has 1 fully saturated rings. The molecule has 0 radical (unpaired) electrons. The summed E-state index contributed by atoms with van der Waals surface area (Å²) in [7, 11) is 0. The lowest BCUT2D eigenvalue weighted by Crippen LogP contribution is -2.29. The third kappa shape index (κ3) is 2.43. The van der Waals surface area contributed by atoms with Crippen molar-refractivity contribution in [2.24, 2.45) is 0 Å². The number of nitrogens with zero attached hydrogens (tertiary/aromatic N) is 2. The molecule has 1 aliphatic heterocycles. The molecule has 0 aromatic carbocycles. The Morgan fingerprint density at radius 3 is 2.69 bits per heavy atom. The fraction of sp³-hybridized carbons (Fsp3) is 0.500. The Balaban J connectivity index is 2.21. The van der Waals surface area contributed by atoms with Gasteiger partial charge in [-0.15, -0.1) is 0 Å². The van der Waals surface area contributed by atoms with E-state index in [0.29, 0.717) is 0 Å². The van der Waals surface area contributed by atoms with E-state index in [9.17, 15) is 0 Å². The van der Waals surface area contributed by atoms with E-state index in [1.807, 2.05) is 12.4 Å². The van der Waals surface area contributed by atoms with E-state index in [1.165, 1.54) is 49.2 Å². The molecule has 1 aromatic rings. The second kappa shape index (κ2) is 5.15. The van der Waals surface area contributed by atoms with Gasteiger partial charge in [0.25, 0.3) is 0 Å². The van der Waals surface area contributed by atoms with E-state index >= 15 is 0 Å². The lowest BCUT2D eigenvalue weighted by molar-refractivity contribution is 0.577. The molecule has 86 valence electrons. The van der Waals surface area contributed by atoms with Crippen LogP contribution in [0.1, 0.15) is 38.7 Å². The minimum absolute atomic E-state index is 1.18. The van der Waals surface area contributed by atoms with Crippen molar-refractivity contribution < 1.29 is 0 Å². The lowest BCUT2D eigenvalue weighted by atomic mass is 10.1. The number of hydrogen-bond donors (Lipinski definition) is 0. The van der Waals surface area contributed by atoms with Crippen LogP contribution in [0.25, 0.3) is 5.57 Å². The summed E-state index contributed by atoms with van der Waals surface area (Å²) in [5.41, 5.74) is 3.82. The van der Waals surface area contributed by atoms with E-state index in [2.05, 4.69) is 35.9 Å². The summed E-state index contributed by atoms with van der Waals surface area (Å²) in [5.74, 6) is 0. The molecule has 1 aromatic heterocycles. The molecule has 0 atom stereocenters. The summed E-state index contributed by atoms with van der Waals surface area (Å²) in [6.07, 6.45) is 10.1. The van der Waals surface area contributed by atoms with Crippen LogP contribution in [0.5, 0.6) is 0 Å². The zero-order valence-electron chi connectivity index (χ0n) is 10.2. The van der Waals surface area contributed by atoms with E-state index < -0.39 is 0 Å². The molecule has 0 saturated carbocycles.